The van der Waals surface area contributed by atoms with E-state index in [-0.39, 0.29) is 12.1 Å². The highest BCUT2D eigenvalue weighted by Gasteiger charge is 2.45. The molecule has 2 N–H and O–H groups in total. The van der Waals surface area contributed by atoms with Gasteiger partial charge in [-0.3, -0.25) is 0 Å². The molecule has 0 saturated heterocycles. The Balaban J connectivity index is 2.22. The molecule has 1 atom stereocenters. The van der Waals surface area contributed by atoms with Crippen LogP contribution >= 0.6 is 0 Å². The van der Waals surface area contributed by atoms with Crippen molar-refractivity contribution >= 4 is 0 Å². The third-order valence-electron chi connectivity index (χ3n) is 4.03. The van der Waals surface area contributed by atoms with E-state index in [1.807, 2.05) is 4.68 Å². The number of nitrogens with one attached hydrogen (secondary N) is 1. The zero-order valence-corrected chi connectivity index (χ0v) is 12.3. The Bertz CT molecular complexity index is 414. The number of hydrogen-bond acceptors (Lipinski definition) is 4. The topological polar surface area (TPSA) is 63.0 Å². The molecule has 1 aromatic heterocycles. The first kappa shape index (κ1) is 14.5. The van der Waals surface area contributed by atoms with Crippen LogP contribution in [0.25, 0.3) is 0 Å². The summed E-state index contributed by atoms with van der Waals surface area (Å²) in [7, 11) is 0. The van der Waals surface area contributed by atoms with Gasteiger partial charge in [0.25, 0.3) is 0 Å². The molecule has 1 aromatic rings. The summed E-state index contributed by atoms with van der Waals surface area (Å²) in [6.45, 7) is 8.02. The monoisotopic (exact) mass is 266 g/mol. The van der Waals surface area contributed by atoms with Gasteiger partial charge in [0.05, 0.1) is 18.7 Å². The van der Waals surface area contributed by atoms with Crippen LogP contribution in [0.4, 0.5) is 0 Å². The second-order valence-electron chi connectivity index (χ2n) is 5.43. The largest absolute Gasteiger partial charge is 0.394 e. The fraction of sp³-hybridized carbons (Fsp3) is 0.857. The first-order valence-electron chi connectivity index (χ1n) is 7.47. The summed E-state index contributed by atoms with van der Waals surface area (Å²) >= 11 is 0. The Kier molecular flexibility index (Phi) is 4.58. The Hall–Kier alpha value is -0.940. The Morgan fingerprint density at radius 3 is 2.53 bits per heavy atom. The smallest absolute Gasteiger partial charge is 0.150 e. The molecule has 1 aliphatic carbocycles. The molecule has 0 bridgehead atoms. The molecule has 0 aliphatic heterocycles. The summed E-state index contributed by atoms with van der Waals surface area (Å²) in [5.41, 5.74) is -0.225. The second-order valence-corrected chi connectivity index (χ2v) is 5.43. The van der Waals surface area contributed by atoms with Crippen molar-refractivity contribution in [3.63, 3.8) is 0 Å². The van der Waals surface area contributed by atoms with Crippen LogP contribution in [0, 0.1) is 5.92 Å². The molecule has 2 rings (SSSR count). The normalized spacial score (nSPS) is 18.5. The summed E-state index contributed by atoms with van der Waals surface area (Å²) < 4.78 is 2.00. The van der Waals surface area contributed by atoms with Crippen molar-refractivity contribution in [2.24, 2.45) is 5.92 Å². The van der Waals surface area contributed by atoms with Crippen LogP contribution in [0.15, 0.2) is 0 Å². The molecule has 0 aromatic carbocycles. The number of aliphatic hydroxyl groups is 1. The minimum Gasteiger partial charge on any atom is -0.394 e. The number of likely N-dealkylation sites (N-methyl/N-ethyl adjacent to an activating group) is 1. The highest BCUT2D eigenvalue weighted by Crippen LogP contribution is 2.40. The maximum absolute atomic E-state index is 9.88. The van der Waals surface area contributed by atoms with Crippen LogP contribution in [0.5, 0.6) is 0 Å². The maximum atomic E-state index is 9.88. The number of nitrogens with zero attached hydrogens (tertiary/aromatic N) is 3. The average Bonchev–Trinajstić information content (AvgIpc) is 3.20. The van der Waals surface area contributed by atoms with Crippen LogP contribution in [0.1, 0.15) is 45.3 Å². The third kappa shape index (κ3) is 2.98. The molecular formula is C14H26N4O. The van der Waals surface area contributed by atoms with E-state index in [0.29, 0.717) is 5.92 Å². The van der Waals surface area contributed by atoms with Crippen molar-refractivity contribution in [1.29, 1.82) is 0 Å². The summed E-state index contributed by atoms with van der Waals surface area (Å²) in [6, 6.07) is 0. The third-order valence-corrected chi connectivity index (χ3v) is 4.03. The molecule has 0 amide bonds. The first-order valence-corrected chi connectivity index (χ1v) is 7.47. The standard InChI is InChI=1S/C14H26N4O/c1-4-12-16-13(5-2)18(17-12)9-14(10-19,15-6-3)11-7-8-11/h11,15,19H,4-10H2,1-3H3. The molecule has 0 spiro atoms. The quantitative estimate of drug-likeness (QED) is 0.741. The molecule has 1 saturated carbocycles. The lowest BCUT2D eigenvalue weighted by Gasteiger charge is -2.33. The van der Waals surface area contributed by atoms with E-state index in [1.165, 1.54) is 12.8 Å². The number of rotatable bonds is 8. The lowest BCUT2D eigenvalue weighted by atomic mass is 9.94. The van der Waals surface area contributed by atoms with Crippen molar-refractivity contribution in [2.45, 2.75) is 58.5 Å². The first-order chi connectivity index (χ1) is 9.19. The van der Waals surface area contributed by atoms with Crippen molar-refractivity contribution in [3.8, 4) is 0 Å². The van der Waals surface area contributed by atoms with Crippen molar-refractivity contribution in [1.82, 2.24) is 20.1 Å². The Labute approximate surface area is 115 Å². The molecule has 19 heavy (non-hydrogen) atoms. The van der Waals surface area contributed by atoms with Crippen molar-refractivity contribution in [2.75, 3.05) is 13.2 Å². The van der Waals surface area contributed by atoms with E-state index >= 15 is 0 Å². The minimum absolute atomic E-state index is 0.163. The SMILES string of the molecule is CCNC(CO)(Cn1nc(CC)nc1CC)C1CC1. The van der Waals surface area contributed by atoms with Gasteiger partial charge in [-0.05, 0) is 25.3 Å². The fourth-order valence-electron chi connectivity index (χ4n) is 2.78. The van der Waals surface area contributed by atoms with Crippen LogP contribution < -0.4 is 5.32 Å². The summed E-state index contributed by atoms with van der Waals surface area (Å²) in [5, 5.41) is 18.0. The molecule has 1 heterocycles. The number of aryl methyl sites for hydroxylation is 2. The van der Waals surface area contributed by atoms with Crippen LogP contribution in [0.2, 0.25) is 0 Å². The number of hydrogen-bond donors (Lipinski definition) is 2. The lowest BCUT2D eigenvalue weighted by molar-refractivity contribution is 0.119. The molecule has 5 nitrogen and oxygen atoms in total. The average molecular weight is 266 g/mol. The van der Waals surface area contributed by atoms with Gasteiger partial charge in [0, 0.05) is 12.8 Å². The molecular weight excluding hydrogens is 240 g/mol. The summed E-state index contributed by atoms with van der Waals surface area (Å²) in [6.07, 6.45) is 4.14. The zero-order valence-electron chi connectivity index (χ0n) is 12.3. The molecule has 1 fully saturated rings. The minimum atomic E-state index is -0.225. The van der Waals surface area contributed by atoms with E-state index < -0.39 is 0 Å². The van der Waals surface area contributed by atoms with Gasteiger partial charge >= 0.3 is 0 Å². The maximum Gasteiger partial charge on any atom is 0.150 e. The van der Waals surface area contributed by atoms with Crippen LogP contribution in [0.3, 0.4) is 0 Å². The van der Waals surface area contributed by atoms with E-state index in [1.54, 1.807) is 0 Å². The van der Waals surface area contributed by atoms with Crippen molar-refractivity contribution in [3.05, 3.63) is 11.6 Å². The predicted octanol–water partition coefficient (Wildman–Crippen LogP) is 1.15. The van der Waals surface area contributed by atoms with Gasteiger partial charge in [-0.2, -0.15) is 5.10 Å². The molecule has 5 heteroatoms. The Morgan fingerprint density at radius 1 is 1.32 bits per heavy atom. The van der Waals surface area contributed by atoms with E-state index in [0.717, 1.165) is 37.6 Å². The van der Waals surface area contributed by atoms with Gasteiger partial charge in [-0.25, -0.2) is 9.67 Å². The van der Waals surface area contributed by atoms with E-state index in [4.69, 9.17) is 0 Å². The second kappa shape index (κ2) is 6.01. The molecule has 0 radical (unpaired) electrons. The van der Waals surface area contributed by atoms with Gasteiger partial charge in [0.1, 0.15) is 5.82 Å². The van der Waals surface area contributed by atoms with Gasteiger partial charge in [0.15, 0.2) is 5.82 Å². The van der Waals surface area contributed by atoms with Gasteiger partial charge in [0.2, 0.25) is 0 Å². The number of aromatic nitrogens is 3. The lowest BCUT2D eigenvalue weighted by Crippen LogP contribution is -2.54. The zero-order chi connectivity index (χ0) is 13.9. The molecule has 1 aliphatic rings. The van der Waals surface area contributed by atoms with Crippen molar-refractivity contribution < 1.29 is 5.11 Å². The fourth-order valence-corrected chi connectivity index (χ4v) is 2.78. The van der Waals surface area contributed by atoms with Gasteiger partial charge in [-0.15, -0.1) is 0 Å². The van der Waals surface area contributed by atoms with E-state index in [2.05, 4.69) is 36.2 Å². The predicted molar refractivity (Wildman–Crippen MR) is 75.0 cm³/mol. The highest BCUT2D eigenvalue weighted by molar-refractivity contribution is 5.03. The van der Waals surface area contributed by atoms with Gasteiger partial charge in [-0.1, -0.05) is 20.8 Å². The van der Waals surface area contributed by atoms with Crippen LogP contribution in [-0.4, -0.2) is 38.6 Å². The molecule has 108 valence electrons. The summed E-state index contributed by atoms with van der Waals surface area (Å²) in [5.74, 6) is 2.49. The van der Waals surface area contributed by atoms with Gasteiger partial charge < -0.3 is 10.4 Å². The Morgan fingerprint density at radius 2 is 2.05 bits per heavy atom. The van der Waals surface area contributed by atoms with E-state index in [9.17, 15) is 5.11 Å². The molecule has 1 unspecified atom stereocenters. The summed E-state index contributed by atoms with van der Waals surface area (Å²) in [4.78, 5) is 4.55. The number of aliphatic hydroxyl groups excluding tert-OH is 1. The van der Waals surface area contributed by atoms with Crippen LogP contribution in [-0.2, 0) is 19.4 Å². The highest BCUT2D eigenvalue weighted by atomic mass is 16.3.